The summed E-state index contributed by atoms with van der Waals surface area (Å²) >= 11 is 0. The van der Waals surface area contributed by atoms with Gasteiger partial charge in [-0.2, -0.15) is 0 Å². The van der Waals surface area contributed by atoms with Crippen LogP contribution in [0.15, 0.2) is 29.8 Å². The molecule has 0 bridgehead atoms. The largest absolute Gasteiger partial charge is 0.507 e. The van der Waals surface area contributed by atoms with Crippen molar-refractivity contribution >= 4 is 5.78 Å². The molecule has 1 heterocycles. The molecule has 2 aromatic rings. The smallest absolute Gasteiger partial charge is 0.174 e. The highest BCUT2D eigenvalue weighted by Crippen LogP contribution is 2.49. The second-order valence-corrected chi connectivity index (χ2v) is 7.08. The SMILES string of the molecule is COc1cc(O)c([C@@H]2CC(=O)c3c(O)cc(OC)c(CC=C(C)C)c3O2)c(O)c1. The van der Waals surface area contributed by atoms with Crippen molar-refractivity contribution in [2.45, 2.75) is 32.8 Å². The minimum absolute atomic E-state index is 0.0756. The lowest BCUT2D eigenvalue weighted by molar-refractivity contribution is 0.0836. The van der Waals surface area contributed by atoms with Crippen LogP contribution in [0.5, 0.6) is 34.5 Å². The van der Waals surface area contributed by atoms with Crippen LogP contribution < -0.4 is 14.2 Å². The van der Waals surface area contributed by atoms with Crippen LogP contribution in [0.2, 0.25) is 0 Å². The number of benzene rings is 2. The van der Waals surface area contributed by atoms with E-state index in [1.54, 1.807) is 0 Å². The van der Waals surface area contributed by atoms with Crippen LogP contribution in [0.1, 0.15) is 47.9 Å². The summed E-state index contributed by atoms with van der Waals surface area (Å²) in [4.78, 5) is 12.8. The van der Waals surface area contributed by atoms with Crippen molar-refractivity contribution in [3.8, 4) is 34.5 Å². The molecule has 0 saturated carbocycles. The van der Waals surface area contributed by atoms with Gasteiger partial charge in [0.15, 0.2) is 5.78 Å². The first kappa shape index (κ1) is 20.4. The average molecular weight is 400 g/mol. The number of carbonyl (C=O) groups is 1. The van der Waals surface area contributed by atoms with Gasteiger partial charge in [-0.15, -0.1) is 0 Å². The number of allylic oxidation sites excluding steroid dienone is 2. The molecule has 29 heavy (non-hydrogen) atoms. The van der Waals surface area contributed by atoms with Gasteiger partial charge < -0.3 is 29.5 Å². The van der Waals surface area contributed by atoms with Crippen molar-refractivity contribution in [3.63, 3.8) is 0 Å². The highest BCUT2D eigenvalue weighted by atomic mass is 16.5. The Balaban J connectivity index is 2.14. The summed E-state index contributed by atoms with van der Waals surface area (Å²) < 4.78 is 16.5. The molecule has 0 unspecified atom stereocenters. The molecule has 0 amide bonds. The zero-order valence-electron chi connectivity index (χ0n) is 16.8. The fourth-order valence-corrected chi connectivity index (χ4v) is 3.40. The van der Waals surface area contributed by atoms with E-state index in [-0.39, 0.29) is 52.1 Å². The van der Waals surface area contributed by atoms with E-state index >= 15 is 0 Å². The Hall–Kier alpha value is -3.35. The molecule has 3 N–H and O–H groups in total. The number of fused-ring (bicyclic) bond motifs is 1. The molecule has 0 saturated heterocycles. The van der Waals surface area contributed by atoms with E-state index < -0.39 is 6.10 Å². The van der Waals surface area contributed by atoms with Crippen molar-refractivity contribution in [3.05, 3.63) is 46.5 Å². The van der Waals surface area contributed by atoms with Gasteiger partial charge >= 0.3 is 0 Å². The molecule has 7 heteroatoms. The molecule has 0 aliphatic carbocycles. The van der Waals surface area contributed by atoms with Gasteiger partial charge in [-0.05, 0) is 20.3 Å². The number of ketones is 1. The molecule has 2 aromatic carbocycles. The Labute approximate surface area is 168 Å². The standard InChI is InChI=1S/C22H24O7/c1-11(2)5-6-13-18(28-4)9-16(25)21-17(26)10-19(29-22(13)21)20-14(23)7-12(27-3)8-15(20)24/h5,7-9,19,23-25H,6,10H2,1-4H3/t19-/m0/s1. The summed E-state index contributed by atoms with van der Waals surface area (Å²) in [5.74, 6) is -0.239. The molecular weight excluding hydrogens is 376 g/mol. The highest BCUT2D eigenvalue weighted by molar-refractivity contribution is 6.03. The highest BCUT2D eigenvalue weighted by Gasteiger charge is 2.36. The normalized spacial score (nSPS) is 15.3. The van der Waals surface area contributed by atoms with Crippen LogP contribution in [0.3, 0.4) is 0 Å². The van der Waals surface area contributed by atoms with Crippen LogP contribution in [-0.2, 0) is 6.42 Å². The van der Waals surface area contributed by atoms with E-state index in [1.165, 1.54) is 32.4 Å². The van der Waals surface area contributed by atoms with Crippen molar-refractivity contribution in [2.75, 3.05) is 14.2 Å². The molecule has 7 nitrogen and oxygen atoms in total. The minimum atomic E-state index is -0.933. The summed E-state index contributed by atoms with van der Waals surface area (Å²) in [6.45, 7) is 3.89. The van der Waals surface area contributed by atoms with Crippen molar-refractivity contribution in [2.24, 2.45) is 0 Å². The van der Waals surface area contributed by atoms with E-state index in [0.717, 1.165) is 5.57 Å². The maximum atomic E-state index is 12.8. The molecule has 1 atom stereocenters. The molecule has 0 radical (unpaired) electrons. The van der Waals surface area contributed by atoms with Gasteiger partial charge in [-0.3, -0.25) is 4.79 Å². The molecule has 154 valence electrons. The van der Waals surface area contributed by atoms with Crippen LogP contribution in [0.4, 0.5) is 0 Å². The summed E-state index contributed by atoms with van der Waals surface area (Å²) in [6.07, 6.45) is 1.30. The third-order valence-electron chi connectivity index (χ3n) is 4.83. The number of rotatable bonds is 5. The number of Topliss-reactive ketones (excluding diaryl/α,β-unsaturated/α-hetero) is 1. The Morgan fingerprint density at radius 3 is 2.31 bits per heavy atom. The summed E-state index contributed by atoms with van der Waals surface area (Å²) in [7, 11) is 2.88. The number of carbonyl (C=O) groups excluding carboxylic acids is 1. The van der Waals surface area contributed by atoms with Crippen molar-refractivity contribution < 1.29 is 34.3 Å². The number of ether oxygens (including phenoxy) is 3. The monoisotopic (exact) mass is 400 g/mol. The fourth-order valence-electron chi connectivity index (χ4n) is 3.40. The number of aromatic hydroxyl groups is 3. The van der Waals surface area contributed by atoms with Gasteiger partial charge in [0.1, 0.15) is 46.2 Å². The van der Waals surface area contributed by atoms with Crippen LogP contribution >= 0.6 is 0 Å². The Bertz CT molecular complexity index is 964. The molecule has 3 rings (SSSR count). The predicted molar refractivity (Wildman–Crippen MR) is 106 cm³/mol. The maximum Gasteiger partial charge on any atom is 0.174 e. The van der Waals surface area contributed by atoms with Crippen LogP contribution in [0.25, 0.3) is 0 Å². The lowest BCUT2D eigenvalue weighted by Gasteiger charge is -2.29. The topological polar surface area (TPSA) is 105 Å². The quantitative estimate of drug-likeness (QED) is 0.651. The molecule has 0 aromatic heterocycles. The molecule has 0 spiro atoms. The lowest BCUT2D eigenvalue weighted by Crippen LogP contribution is -2.22. The van der Waals surface area contributed by atoms with Gasteiger partial charge in [0, 0.05) is 23.8 Å². The maximum absolute atomic E-state index is 12.8. The summed E-state index contributed by atoms with van der Waals surface area (Å²) in [6, 6.07) is 4.08. The van der Waals surface area contributed by atoms with Crippen LogP contribution in [0, 0.1) is 0 Å². The van der Waals surface area contributed by atoms with Gasteiger partial charge in [-0.1, -0.05) is 11.6 Å². The molecule has 1 aliphatic heterocycles. The number of phenols is 3. The van der Waals surface area contributed by atoms with E-state index in [0.29, 0.717) is 17.7 Å². The Morgan fingerprint density at radius 2 is 1.76 bits per heavy atom. The third kappa shape index (κ3) is 3.81. The number of methoxy groups -OCH3 is 2. The third-order valence-corrected chi connectivity index (χ3v) is 4.83. The van der Waals surface area contributed by atoms with E-state index in [4.69, 9.17) is 14.2 Å². The second kappa shape index (κ2) is 7.95. The zero-order chi connectivity index (χ0) is 21.3. The Morgan fingerprint density at radius 1 is 1.10 bits per heavy atom. The van der Waals surface area contributed by atoms with E-state index in [9.17, 15) is 20.1 Å². The number of hydrogen-bond acceptors (Lipinski definition) is 7. The molecule has 0 fully saturated rings. The van der Waals surface area contributed by atoms with Gasteiger partial charge in [0.2, 0.25) is 0 Å². The first-order chi connectivity index (χ1) is 13.8. The van der Waals surface area contributed by atoms with Gasteiger partial charge in [0.05, 0.1) is 26.2 Å². The molecule has 1 aliphatic rings. The van der Waals surface area contributed by atoms with E-state index in [1.807, 2.05) is 19.9 Å². The van der Waals surface area contributed by atoms with E-state index in [2.05, 4.69) is 0 Å². The average Bonchev–Trinajstić information content (AvgIpc) is 2.65. The van der Waals surface area contributed by atoms with Gasteiger partial charge in [0.25, 0.3) is 0 Å². The first-order valence-electron chi connectivity index (χ1n) is 9.12. The molecular formula is C22H24O7. The second-order valence-electron chi connectivity index (χ2n) is 7.08. The number of hydrogen-bond donors (Lipinski definition) is 3. The number of phenolic OH excluding ortho intramolecular Hbond substituents is 3. The van der Waals surface area contributed by atoms with Gasteiger partial charge in [-0.25, -0.2) is 0 Å². The van der Waals surface area contributed by atoms with Crippen molar-refractivity contribution in [1.82, 2.24) is 0 Å². The first-order valence-corrected chi connectivity index (χ1v) is 9.12. The zero-order valence-corrected chi connectivity index (χ0v) is 16.8. The fraction of sp³-hybridized carbons (Fsp3) is 0.318. The lowest BCUT2D eigenvalue weighted by atomic mass is 9.91. The van der Waals surface area contributed by atoms with Crippen LogP contribution in [-0.4, -0.2) is 35.3 Å². The predicted octanol–water partition coefficient (Wildman–Crippen LogP) is 4.04. The van der Waals surface area contributed by atoms with Crippen molar-refractivity contribution in [1.29, 1.82) is 0 Å². The summed E-state index contributed by atoms with van der Waals surface area (Å²) in [5.41, 5.74) is 1.83. The summed E-state index contributed by atoms with van der Waals surface area (Å²) in [5, 5.41) is 31.1. The minimum Gasteiger partial charge on any atom is -0.507 e. The Kier molecular flexibility index (Phi) is 5.59.